The highest BCUT2D eigenvalue weighted by atomic mass is 16.5. The van der Waals surface area contributed by atoms with E-state index in [0.717, 1.165) is 6.42 Å². The second kappa shape index (κ2) is 4.34. The Kier molecular flexibility index (Phi) is 2.90. The van der Waals surface area contributed by atoms with Crippen LogP contribution in [0.1, 0.15) is 12.5 Å². The Balaban J connectivity index is 1.96. The van der Waals surface area contributed by atoms with E-state index >= 15 is 0 Å². The Bertz CT molecular complexity index is 348. The van der Waals surface area contributed by atoms with E-state index in [9.17, 15) is 0 Å². The van der Waals surface area contributed by atoms with Crippen LogP contribution < -0.4 is 5.73 Å². The summed E-state index contributed by atoms with van der Waals surface area (Å²) in [6.45, 7) is 2.81. The lowest BCUT2D eigenvalue weighted by molar-refractivity contribution is 0.281. The van der Waals surface area contributed by atoms with Gasteiger partial charge in [-0.15, -0.1) is 0 Å². The van der Waals surface area contributed by atoms with Gasteiger partial charge in [-0.25, -0.2) is 4.99 Å². The third-order valence-electron chi connectivity index (χ3n) is 2.75. The molecule has 0 aliphatic carbocycles. The highest BCUT2D eigenvalue weighted by molar-refractivity contribution is 5.73. The van der Waals surface area contributed by atoms with Crippen molar-refractivity contribution < 1.29 is 4.74 Å². The second-order valence-electron chi connectivity index (χ2n) is 4.01. The van der Waals surface area contributed by atoms with Crippen LogP contribution >= 0.6 is 0 Å². The zero-order chi connectivity index (χ0) is 10.7. The summed E-state index contributed by atoms with van der Waals surface area (Å²) in [7, 11) is 0. The van der Waals surface area contributed by atoms with Crippen molar-refractivity contribution >= 4 is 6.02 Å². The van der Waals surface area contributed by atoms with Crippen molar-refractivity contribution in [1.29, 1.82) is 0 Å². The lowest BCUT2D eigenvalue weighted by atomic mass is 9.95. The molecule has 15 heavy (non-hydrogen) atoms. The molecule has 1 aliphatic rings. The molecule has 1 aliphatic heterocycles. The van der Waals surface area contributed by atoms with Gasteiger partial charge in [-0.2, -0.15) is 0 Å². The first-order chi connectivity index (χ1) is 7.25. The van der Waals surface area contributed by atoms with E-state index in [-0.39, 0.29) is 6.04 Å². The minimum absolute atomic E-state index is 0.213. The first kappa shape index (κ1) is 10.0. The fourth-order valence-electron chi connectivity index (χ4n) is 1.82. The van der Waals surface area contributed by atoms with E-state index in [1.54, 1.807) is 0 Å². The molecule has 2 rings (SSSR count). The molecular formula is C12H16N2O. The van der Waals surface area contributed by atoms with Gasteiger partial charge in [0.05, 0.1) is 6.04 Å². The molecule has 0 saturated heterocycles. The van der Waals surface area contributed by atoms with Crippen LogP contribution in [-0.4, -0.2) is 18.7 Å². The summed E-state index contributed by atoms with van der Waals surface area (Å²) in [5, 5.41) is 0. The molecule has 0 bridgehead atoms. The molecule has 80 valence electrons. The van der Waals surface area contributed by atoms with Crippen molar-refractivity contribution in [2.45, 2.75) is 19.4 Å². The topological polar surface area (TPSA) is 47.6 Å². The van der Waals surface area contributed by atoms with E-state index in [2.05, 4.69) is 36.2 Å². The summed E-state index contributed by atoms with van der Waals surface area (Å²) in [6, 6.07) is 11.0. The average molecular weight is 204 g/mol. The summed E-state index contributed by atoms with van der Waals surface area (Å²) in [6.07, 6.45) is 1.02. The Morgan fingerprint density at radius 1 is 1.47 bits per heavy atom. The summed E-state index contributed by atoms with van der Waals surface area (Å²) < 4.78 is 5.15. The van der Waals surface area contributed by atoms with E-state index in [4.69, 9.17) is 10.5 Å². The van der Waals surface area contributed by atoms with Crippen LogP contribution in [0.3, 0.4) is 0 Å². The third-order valence-corrected chi connectivity index (χ3v) is 2.75. The van der Waals surface area contributed by atoms with E-state index in [1.165, 1.54) is 5.56 Å². The third kappa shape index (κ3) is 2.49. The molecule has 2 atom stereocenters. The van der Waals surface area contributed by atoms with Crippen LogP contribution in [0.15, 0.2) is 35.3 Å². The highest BCUT2D eigenvalue weighted by Gasteiger charge is 2.23. The molecule has 0 radical (unpaired) electrons. The molecule has 2 N–H and O–H groups in total. The van der Waals surface area contributed by atoms with Gasteiger partial charge >= 0.3 is 0 Å². The maximum atomic E-state index is 5.48. The smallest absolute Gasteiger partial charge is 0.282 e. The fraction of sp³-hybridized carbons (Fsp3) is 0.417. The van der Waals surface area contributed by atoms with Gasteiger partial charge in [-0.05, 0) is 17.9 Å². The second-order valence-corrected chi connectivity index (χ2v) is 4.01. The Labute approximate surface area is 90.0 Å². The van der Waals surface area contributed by atoms with Crippen LogP contribution in [0, 0.1) is 5.92 Å². The number of nitrogens with two attached hydrogens (primary N) is 1. The number of hydrogen-bond donors (Lipinski definition) is 1. The molecule has 0 saturated carbocycles. The van der Waals surface area contributed by atoms with Crippen LogP contribution in [0.4, 0.5) is 0 Å². The number of ether oxygens (including phenoxy) is 1. The standard InChI is InChI=1S/C12H16N2O/c1-9(11-8-15-12(13)14-11)7-10-5-3-2-4-6-10/h2-6,9,11H,7-8H2,1H3,(H2,13,14). The monoisotopic (exact) mass is 204 g/mol. The molecular weight excluding hydrogens is 188 g/mol. The van der Waals surface area contributed by atoms with E-state index < -0.39 is 0 Å². The number of hydrogen-bond acceptors (Lipinski definition) is 3. The number of nitrogens with zero attached hydrogens (tertiary/aromatic N) is 1. The fourth-order valence-corrected chi connectivity index (χ4v) is 1.82. The predicted octanol–water partition coefficient (Wildman–Crippen LogP) is 1.58. The van der Waals surface area contributed by atoms with Gasteiger partial charge in [0.25, 0.3) is 6.02 Å². The van der Waals surface area contributed by atoms with Crippen LogP contribution in [0.25, 0.3) is 0 Å². The zero-order valence-corrected chi connectivity index (χ0v) is 8.89. The van der Waals surface area contributed by atoms with Gasteiger partial charge in [0, 0.05) is 0 Å². The molecule has 3 nitrogen and oxygen atoms in total. The van der Waals surface area contributed by atoms with Crippen LogP contribution in [0.2, 0.25) is 0 Å². The van der Waals surface area contributed by atoms with Gasteiger partial charge in [-0.3, -0.25) is 0 Å². The zero-order valence-electron chi connectivity index (χ0n) is 8.89. The maximum Gasteiger partial charge on any atom is 0.282 e. The summed E-state index contributed by atoms with van der Waals surface area (Å²) >= 11 is 0. The van der Waals surface area contributed by atoms with Gasteiger partial charge in [0.2, 0.25) is 0 Å². The number of aliphatic imine (C=N–C) groups is 1. The highest BCUT2D eigenvalue weighted by Crippen LogP contribution is 2.17. The molecule has 0 fully saturated rings. The number of amidine groups is 1. The predicted molar refractivity (Wildman–Crippen MR) is 60.7 cm³/mol. The van der Waals surface area contributed by atoms with Crippen molar-refractivity contribution in [1.82, 2.24) is 0 Å². The van der Waals surface area contributed by atoms with Crippen molar-refractivity contribution in [2.75, 3.05) is 6.61 Å². The van der Waals surface area contributed by atoms with Gasteiger partial charge in [-0.1, -0.05) is 37.3 Å². The maximum absolute atomic E-state index is 5.48. The van der Waals surface area contributed by atoms with E-state index in [0.29, 0.717) is 18.5 Å². The quantitative estimate of drug-likeness (QED) is 0.812. The molecule has 3 heteroatoms. The minimum Gasteiger partial charge on any atom is -0.463 e. The van der Waals surface area contributed by atoms with Crippen molar-refractivity contribution in [3.63, 3.8) is 0 Å². The van der Waals surface area contributed by atoms with E-state index in [1.807, 2.05) is 6.07 Å². The Morgan fingerprint density at radius 2 is 2.20 bits per heavy atom. The molecule has 1 heterocycles. The normalized spacial score (nSPS) is 21.9. The van der Waals surface area contributed by atoms with Crippen LogP contribution in [-0.2, 0) is 11.2 Å². The summed E-state index contributed by atoms with van der Waals surface area (Å²) in [5.41, 5.74) is 6.82. The Hall–Kier alpha value is -1.51. The van der Waals surface area contributed by atoms with Crippen LogP contribution in [0.5, 0.6) is 0 Å². The molecule has 0 spiro atoms. The molecule has 1 aromatic carbocycles. The molecule has 0 amide bonds. The lowest BCUT2D eigenvalue weighted by Crippen LogP contribution is -2.19. The van der Waals surface area contributed by atoms with Gasteiger partial charge in [0.15, 0.2) is 0 Å². The molecule has 0 aromatic heterocycles. The molecule has 1 aromatic rings. The number of rotatable bonds is 3. The first-order valence-electron chi connectivity index (χ1n) is 5.25. The average Bonchev–Trinajstić information content (AvgIpc) is 2.66. The lowest BCUT2D eigenvalue weighted by Gasteiger charge is -2.14. The van der Waals surface area contributed by atoms with Crippen molar-refractivity contribution in [3.8, 4) is 0 Å². The summed E-state index contributed by atoms with van der Waals surface area (Å²) in [5.74, 6) is 0.466. The minimum atomic E-state index is 0.213. The van der Waals surface area contributed by atoms with Gasteiger partial charge < -0.3 is 10.5 Å². The number of benzene rings is 1. The SMILES string of the molecule is CC(Cc1ccccc1)C1COC(N)=N1. The first-order valence-corrected chi connectivity index (χ1v) is 5.25. The Morgan fingerprint density at radius 3 is 2.80 bits per heavy atom. The molecule has 2 unspecified atom stereocenters. The largest absolute Gasteiger partial charge is 0.463 e. The summed E-state index contributed by atoms with van der Waals surface area (Å²) in [4.78, 5) is 4.26. The van der Waals surface area contributed by atoms with Crippen molar-refractivity contribution in [3.05, 3.63) is 35.9 Å². The van der Waals surface area contributed by atoms with Gasteiger partial charge in [0.1, 0.15) is 6.61 Å². The van der Waals surface area contributed by atoms with Crippen molar-refractivity contribution in [2.24, 2.45) is 16.6 Å².